The summed E-state index contributed by atoms with van der Waals surface area (Å²) in [7, 11) is 0. The Hall–Kier alpha value is -1.69. The van der Waals surface area contributed by atoms with E-state index in [1.165, 1.54) is 25.7 Å². The van der Waals surface area contributed by atoms with Gasteiger partial charge < -0.3 is 15.0 Å². The van der Waals surface area contributed by atoms with Crippen LogP contribution in [-0.2, 0) is 16.0 Å². The van der Waals surface area contributed by atoms with Gasteiger partial charge in [0.1, 0.15) is 0 Å². The van der Waals surface area contributed by atoms with E-state index in [9.17, 15) is 9.59 Å². The maximum absolute atomic E-state index is 12.6. The van der Waals surface area contributed by atoms with Crippen molar-refractivity contribution in [3.8, 4) is 0 Å². The Morgan fingerprint density at radius 3 is 2.77 bits per heavy atom. The Labute approximate surface area is 154 Å². The second-order valence-corrected chi connectivity index (χ2v) is 8.23. The van der Waals surface area contributed by atoms with Crippen LogP contribution >= 0.6 is 0 Å². The number of hydrogen-bond donors (Lipinski definition) is 2. The largest absolute Gasteiger partial charge is 0.377 e. The first-order valence-corrected chi connectivity index (χ1v) is 10.0. The Morgan fingerprint density at radius 1 is 1.27 bits per heavy atom. The second kappa shape index (κ2) is 7.14. The molecular formula is C20H29N3O3. The fraction of sp³-hybridized carbons (Fsp3) is 0.750. The first-order chi connectivity index (χ1) is 12.5. The van der Waals surface area contributed by atoms with Gasteiger partial charge in [0.2, 0.25) is 5.91 Å². The quantitative estimate of drug-likeness (QED) is 0.842. The van der Waals surface area contributed by atoms with Gasteiger partial charge in [-0.2, -0.15) is 4.98 Å². The van der Waals surface area contributed by atoms with Crippen molar-refractivity contribution in [2.45, 2.75) is 70.9 Å². The molecule has 1 aromatic heterocycles. The lowest BCUT2D eigenvalue weighted by molar-refractivity contribution is -0.129. The molecule has 0 aromatic carbocycles. The summed E-state index contributed by atoms with van der Waals surface area (Å²) in [4.78, 5) is 30.7. The van der Waals surface area contributed by atoms with Crippen LogP contribution in [-0.4, -0.2) is 34.6 Å². The highest BCUT2D eigenvalue weighted by Gasteiger charge is 2.56. The number of carbonyl (C=O) groups is 1. The van der Waals surface area contributed by atoms with Gasteiger partial charge in [0, 0.05) is 42.3 Å². The topological polar surface area (TPSA) is 84.1 Å². The highest BCUT2D eigenvalue weighted by molar-refractivity contribution is 5.76. The molecule has 6 heteroatoms. The van der Waals surface area contributed by atoms with Crippen LogP contribution in [0.15, 0.2) is 4.79 Å². The van der Waals surface area contributed by atoms with Crippen LogP contribution in [0, 0.1) is 31.6 Å². The summed E-state index contributed by atoms with van der Waals surface area (Å²) < 4.78 is 5.97. The molecule has 4 rings (SSSR count). The van der Waals surface area contributed by atoms with E-state index in [4.69, 9.17) is 4.74 Å². The van der Waals surface area contributed by atoms with Crippen molar-refractivity contribution in [3.05, 3.63) is 27.4 Å². The van der Waals surface area contributed by atoms with Crippen molar-refractivity contribution < 1.29 is 9.53 Å². The van der Waals surface area contributed by atoms with Gasteiger partial charge >= 0.3 is 5.69 Å². The predicted octanol–water partition coefficient (Wildman–Crippen LogP) is 2.03. The summed E-state index contributed by atoms with van der Waals surface area (Å²) in [5, 5.41) is 3.32. The van der Waals surface area contributed by atoms with E-state index in [0.717, 1.165) is 30.0 Å². The number of nitrogens with one attached hydrogen (secondary N) is 2. The van der Waals surface area contributed by atoms with Gasteiger partial charge in [-0.3, -0.25) is 4.79 Å². The standard InChI is InChI=1S/C20H29N3O3/c1-11-14(12(2)22-20(25)21-11)7-8-16(24)23-18-15-9-10-26-19(15)17(18)13-5-3-4-6-13/h13,15,17-19H,3-10H2,1-2H3,(H,23,24)(H,21,22,25)/t15-,17+,18-,19-/m0/s1. The van der Waals surface area contributed by atoms with Crippen LogP contribution in [0.1, 0.15) is 55.5 Å². The Kier molecular flexibility index (Phi) is 4.86. The van der Waals surface area contributed by atoms with E-state index in [0.29, 0.717) is 36.7 Å². The molecule has 0 spiro atoms. The molecule has 2 saturated carbocycles. The lowest BCUT2D eigenvalue weighted by Gasteiger charge is -2.50. The molecule has 0 unspecified atom stereocenters. The third kappa shape index (κ3) is 3.20. The summed E-state index contributed by atoms with van der Waals surface area (Å²) in [6.07, 6.45) is 7.68. The number of carbonyl (C=O) groups excluding carboxylic acids is 1. The van der Waals surface area contributed by atoms with Crippen molar-refractivity contribution in [2.75, 3.05) is 6.61 Å². The molecule has 0 bridgehead atoms. The minimum absolute atomic E-state index is 0.105. The molecule has 1 saturated heterocycles. The highest BCUT2D eigenvalue weighted by atomic mass is 16.5. The van der Waals surface area contributed by atoms with Gasteiger partial charge in [-0.15, -0.1) is 0 Å². The van der Waals surface area contributed by atoms with Crippen LogP contribution in [0.3, 0.4) is 0 Å². The predicted molar refractivity (Wildman–Crippen MR) is 97.9 cm³/mol. The number of amides is 1. The van der Waals surface area contributed by atoms with Gasteiger partial charge in [0.05, 0.1) is 6.10 Å². The Balaban J connectivity index is 1.37. The number of ether oxygens (including phenoxy) is 1. The molecule has 3 aliphatic rings. The van der Waals surface area contributed by atoms with Gasteiger partial charge in [0.25, 0.3) is 0 Å². The van der Waals surface area contributed by atoms with Gasteiger partial charge in [-0.1, -0.05) is 25.7 Å². The number of aromatic amines is 1. The number of rotatable bonds is 5. The SMILES string of the molecule is Cc1nc(=O)[nH]c(C)c1CCC(=O)N[C@H]1[C@@H]2CCO[C@@H]2[C@@H]1C1CCCC1. The average Bonchev–Trinajstić information content (AvgIpc) is 3.22. The summed E-state index contributed by atoms with van der Waals surface area (Å²) in [5.74, 6) is 1.83. The number of fused-ring (bicyclic) bond motifs is 1. The lowest BCUT2D eigenvalue weighted by atomic mass is 9.61. The molecule has 1 amide bonds. The van der Waals surface area contributed by atoms with Crippen molar-refractivity contribution in [3.63, 3.8) is 0 Å². The molecule has 2 heterocycles. The third-order valence-corrected chi connectivity index (χ3v) is 6.77. The second-order valence-electron chi connectivity index (χ2n) is 8.23. The Bertz CT molecular complexity index is 707. The van der Waals surface area contributed by atoms with Crippen LogP contribution in [0.25, 0.3) is 0 Å². The number of aryl methyl sites for hydroxylation is 2. The summed E-state index contributed by atoms with van der Waals surface area (Å²) in [6, 6.07) is 0.286. The van der Waals surface area contributed by atoms with E-state index in [1.807, 2.05) is 13.8 Å². The van der Waals surface area contributed by atoms with Crippen molar-refractivity contribution in [1.82, 2.24) is 15.3 Å². The van der Waals surface area contributed by atoms with Gasteiger partial charge in [-0.05, 0) is 38.2 Å². The fourth-order valence-corrected chi connectivity index (χ4v) is 5.48. The number of hydrogen-bond acceptors (Lipinski definition) is 4. The van der Waals surface area contributed by atoms with Crippen molar-refractivity contribution >= 4 is 5.91 Å². The highest BCUT2D eigenvalue weighted by Crippen LogP contribution is 2.51. The minimum atomic E-state index is -0.325. The molecule has 3 fully saturated rings. The normalized spacial score (nSPS) is 30.8. The minimum Gasteiger partial charge on any atom is -0.377 e. The maximum Gasteiger partial charge on any atom is 0.345 e. The van der Waals surface area contributed by atoms with Crippen molar-refractivity contribution in [1.29, 1.82) is 0 Å². The molecule has 1 aliphatic heterocycles. The summed E-state index contributed by atoms with van der Waals surface area (Å²) in [5.41, 5.74) is 2.18. The van der Waals surface area contributed by atoms with E-state index in [-0.39, 0.29) is 17.6 Å². The molecule has 142 valence electrons. The zero-order valence-corrected chi connectivity index (χ0v) is 15.7. The van der Waals surface area contributed by atoms with Gasteiger partial charge in [0.15, 0.2) is 0 Å². The van der Waals surface area contributed by atoms with Crippen LogP contribution in [0.4, 0.5) is 0 Å². The zero-order chi connectivity index (χ0) is 18.3. The molecule has 26 heavy (non-hydrogen) atoms. The molecule has 1 aromatic rings. The molecule has 2 aliphatic carbocycles. The molecule has 4 atom stereocenters. The van der Waals surface area contributed by atoms with Crippen LogP contribution < -0.4 is 11.0 Å². The van der Waals surface area contributed by atoms with E-state index >= 15 is 0 Å². The molecular weight excluding hydrogens is 330 g/mol. The average molecular weight is 359 g/mol. The van der Waals surface area contributed by atoms with Crippen LogP contribution in [0.5, 0.6) is 0 Å². The molecule has 2 N–H and O–H groups in total. The van der Waals surface area contributed by atoms with E-state index in [1.54, 1.807) is 0 Å². The smallest absolute Gasteiger partial charge is 0.345 e. The number of H-pyrrole nitrogens is 1. The third-order valence-electron chi connectivity index (χ3n) is 6.77. The molecule has 0 radical (unpaired) electrons. The summed E-state index contributed by atoms with van der Waals surface area (Å²) >= 11 is 0. The lowest BCUT2D eigenvalue weighted by Crippen LogP contribution is -2.63. The first-order valence-electron chi connectivity index (χ1n) is 10.0. The zero-order valence-electron chi connectivity index (χ0n) is 15.7. The monoisotopic (exact) mass is 359 g/mol. The summed E-state index contributed by atoms with van der Waals surface area (Å²) in [6.45, 7) is 4.54. The van der Waals surface area contributed by atoms with E-state index in [2.05, 4.69) is 15.3 Å². The van der Waals surface area contributed by atoms with Gasteiger partial charge in [-0.25, -0.2) is 4.79 Å². The first kappa shape index (κ1) is 17.7. The fourth-order valence-electron chi connectivity index (χ4n) is 5.48. The number of aromatic nitrogens is 2. The van der Waals surface area contributed by atoms with E-state index < -0.39 is 0 Å². The number of nitrogens with zero attached hydrogens (tertiary/aromatic N) is 1. The maximum atomic E-state index is 12.6. The Morgan fingerprint density at radius 2 is 2.04 bits per heavy atom. The molecule has 6 nitrogen and oxygen atoms in total. The van der Waals surface area contributed by atoms with Crippen LogP contribution in [0.2, 0.25) is 0 Å². The van der Waals surface area contributed by atoms with Crippen molar-refractivity contribution in [2.24, 2.45) is 17.8 Å².